The van der Waals surface area contributed by atoms with Crippen molar-refractivity contribution in [3.05, 3.63) is 150 Å². The molecule has 1 aliphatic rings. The lowest BCUT2D eigenvalue weighted by molar-refractivity contribution is 0.306. The fourth-order valence-corrected chi connectivity index (χ4v) is 7.31. The summed E-state index contributed by atoms with van der Waals surface area (Å²) in [6.07, 6.45) is 0.968. The summed E-state index contributed by atoms with van der Waals surface area (Å²) >= 11 is 0. The normalized spacial score (nSPS) is 14.3. The molecule has 4 nitrogen and oxygen atoms in total. The van der Waals surface area contributed by atoms with Crippen molar-refractivity contribution in [2.45, 2.75) is 32.6 Å². The summed E-state index contributed by atoms with van der Waals surface area (Å²) in [5.41, 5.74) is 3.36. The van der Waals surface area contributed by atoms with E-state index in [0.717, 1.165) is 40.5 Å². The molecule has 0 unspecified atom stereocenters. The van der Waals surface area contributed by atoms with Crippen LogP contribution in [-0.2, 0) is 18.0 Å². The molecule has 6 rings (SSSR count). The molecule has 1 atom stereocenters. The van der Waals surface area contributed by atoms with Gasteiger partial charge in [0.1, 0.15) is 31.3 Å². The molecule has 0 saturated carbocycles. The van der Waals surface area contributed by atoms with Crippen LogP contribution in [-0.4, -0.2) is 18.5 Å². The zero-order chi connectivity index (χ0) is 28.6. The highest BCUT2D eigenvalue weighted by molar-refractivity contribution is 7.80. The first-order chi connectivity index (χ1) is 20.8. The van der Waals surface area contributed by atoms with Crippen molar-refractivity contribution in [3.8, 4) is 11.5 Å². The monoisotopic (exact) mass is 571 g/mol. The van der Waals surface area contributed by atoms with Crippen LogP contribution in [0.1, 0.15) is 30.0 Å². The average Bonchev–Trinajstić information content (AvgIpc) is 3.55. The SMILES string of the molecule is CC[C@H]1COC(c2ccccc2P(c2ccc(OCc3ccccc3)cc2)c2ccc(OCc3ccccc3)cc2)=N1. The second-order valence-electron chi connectivity index (χ2n) is 10.2. The predicted octanol–water partition coefficient (Wildman–Crippen LogP) is 7.16. The van der Waals surface area contributed by atoms with Crippen LogP contribution < -0.4 is 25.4 Å². The Morgan fingerprint density at radius 2 is 1.14 bits per heavy atom. The van der Waals surface area contributed by atoms with Crippen LogP contribution in [0.2, 0.25) is 0 Å². The van der Waals surface area contributed by atoms with Gasteiger partial charge in [0.15, 0.2) is 0 Å². The molecule has 210 valence electrons. The second-order valence-corrected chi connectivity index (χ2v) is 12.4. The van der Waals surface area contributed by atoms with Crippen LogP contribution in [0.25, 0.3) is 0 Å². The number of aliphatic imine (C=N–C) groups is 1. The van der Waals surface area contributed by atoms with Gasteiger partial charge in [0, 0.05) is 5.56 Å². The van der Waals surface area contributed by atoms with Crippen LogP contribution in [0.3, 0.4) is 0 Å². The smallest absolute Gasteiger partial charge is 0.217 e. The Balaban J connectivity index is 1.30. The van der Waals surface area contributed by atoms with Crippen LogP contribution in [0.4, 0.5) is 0 Å². The third-order valence-corrected chi connectivity index (χ3v) is 9.75. The van der Waals surface area contributed by atoms with E-state index in [2.05, 4.69) is 104 Å². The van der Waals surface area contributed by atoms with Gasteiger partial charge in [-0.3, -0.25) is 0 Å². The van der Waals surface area contributed by atoms with Crippen molar-refractivity contribution >= 4 is 29.7 Å². The molecule has 0 N–H and O–H groups in total. The largest absolute Gasteiger partial charge is 0.489 e. The molecule has 0 aromatic heterocycles. The van der Waals surface area contributed by atoms with Gasteiger partial charge in [-0.1, -0.05) is 110 Å². The highest BCUT2D eigenvalue weighted by Crippen LogP contribution is 2.36. The maximum Gasteiger partial charge on any atom is 0.217 e. The minimum Gasteiger partial charge on any atom is -0.489 e. The number of hydrogen-bond acceptors (Lipinski definition) is 4. The molecule has 0 fully saturated rings. The van der Waals surface area contributed by atoms with Gasteiger partial charge in [0.2, 0.25) is 5.90 Å². The molecule has 0 amide bonds. The van der Waals surface area contributed by atoms with Gasteiger partial charge >= 0.3 is 0 Å². The molecule has 0 spiro atoms. The van der Waals surface area contributed by atoms with Gasteiger partial charge in [0.05, 0.1) is 6.04 Å². The average molecular weight is 572 g/mol. The molecular formula is C37H34NO3P. The molecule has 5 heteroatoms. The Morgan fingerprint density at radius 3 is 1.64 bits per heavy atom. The summed E-state index contributed by atoms with van der Waals surface area (Å²) < 4.78 is 18.3. The quantitative estimate of drug-likeness (QED) is 0.158. The predicted molar refractivity (Wildman–Crippen MR) is 173 cm³/mol. The third-order valence-electron chi connectivity index (χ3n) is 7.25. The Morgan fingerprint density at radius 1 is 0.643 bits per heavy atom. The van der Waals surface area contributed by atoms with E-state index >= 15 is 0 Å². The van der Waals surface area contributed by atoms with Crippen LogP contribution in [0.5, 0.6) is 11.5 Å². The molecule has 5 aromatic carbocycles. The van der Waals surface area contributed by atoms with Crippen LogP contribution >= 0.6 is 7.92 Å². The molecule has 5 aromatic rings. The van der Waals surface area contributed by atoms with Crippen molar-refractivity contribution < 1.29 is 14.2 Å². The van der Waals surface area contributed by atoms with E-state index in [-0.39, 0.29) is 6.04 Å². The Kier molecular flexibility index (Phi) is 8.93. The lowest BCUT2D eigenvalue weighted by atomic mass is 10.2. The van der Waals surface area contributed by atoms with Crippen molar-refractivity contribution in [2.24, 2.45) is 4.99 Å². The number of nitrogens with zero attached hydrogens (tertiary/aromatic N) is 1. The fourth-order valence-electron chi connectivity index (χ4n) is 4.91. The fraction of sp³-hybridized carbons (Fsp3) is 0.162. The van der Waals surface area contributed by atoms with E-state index < -0.39 is 7.92 Å². The van der Waals surface area contributed by atoms with E-state index in [9.17, 15) is 0 Å². The van der Waals surface area contributed by atoms with Gasteiger partial charge in [-0.15, -0.1) is 0 Å². The first kappa shape index (κ1) is 27.8. The first-order valence-corrected chi connectivity index (χ1v) is 15.7. The molecule has 0 aliphatic carbocycles. The lowest BCUT2D eigenvalue weighted by Gasteiger charge is -2.22. The summed E-state index contributed by atoms with van der Waals surface area (Å²) in [7, 11) is -0.904. The highest BCUT2D eigenvalue weighted by atomic mass is 31.1. The number of rotatable bonds is 11. The van der Waals surface area contributed by atoms with E-state index in [1.807, 2.05) is 36.4 Å². The zero-order valence-electron chi connectivity index (χ0n) is 23.7. The summed E-state index contributed by atoms with van der Waals surface area (Å²) in [5, 5.41) is 3.68. The second kappa shape index (κ2) is 13.5. The molecule has 0 saturated heterocycles. The lowest BCUT2D eigenvalue weighted by Crippen LogP contribution is -2.25. The van der Waals surface area contributed by atoms with E-state index in [1.165, 1.54) is 15.9 Å². The van der Waals surface area contributed by atoms with Crippen molar-refractivity contribution in [1.29, 1.82) is 0 Å². The first-order valence-electron chi connectivity index (χ1n) is 14.4. The molecule has 42 heavy (non-hydrogen) atoms. The maximum atomic E-state index is 6.11. The molecule has 0 bridgehead atoms. The van der Waals surface area contributed by atoms with Crippen molar-refractivity contribution in [1.82, 2.24) is 0 Å². The van der Waals surface area contributed by atoms with Crippen molar-refractivity contribution in [3.63, 3.8) is 0 Å². The van der Waals surface area contributed by atoms with Gasteiger partial charge in [-0.2, -0.15) is 0 Å². The van der Waals surface area contributed by atoms with Gasteiger partial charge < -0.3 is 14.2 Å². The number of hydrogen-bond donors (Lipinski definition) is 0. The molecular weight excluding hydrogens is 537 g/mol. The summed E-state index contributed by atoms with van der Waals surface area (Å²) in [4.78, 5) is 4.91. The Hall–Kier alpha value is -4.40. The summed E-state index contributed by atoms with van der Waals surface area (Å²) in [6.45, 7) is 3.87. The topological polar surface area (TPSA) is 40.0 Å². The van der Waals surface area contributed by atoms with E-state index in [0.29, 0.717) is 19.8 Å². The van der Waals surface area contributed by atoms with Crippen molar-refractivity contribution in [2.75, 3.05) is 6.61 Å². The molecule has 1 heterocycles. The standard InChI is InChI=1S/C37H34NO3P/c1-2-30-27-41-37(38-30)35-15-9-10-16-36(35)42(33-21-17-31(18-22-33)39-25-28-11-5-3-6-12-28)34-23-19-32(20-24-34)40-26-29-13-7-4-8-14-29/h3-24,30H,2,25-27H2,1H3/t30-/m0/s1. The van der Waals surface area contributed by atoms with E-state index in [1.54, 1.807) is 0 Å². The van der Waals surface area contributed by atoms with Gasteiger partial charge in [-0.05, 0) is 71.7 Å². The molecule has 1 aliphatic heterocycles. The van der Waals surface area contributed by atoms with E-state index in [4.69, 9.17) is 19.2 Å². The Labute approximate surface area is 249 Å². The van der Waals surface area contributed by atoms with Gasteiger partial charge in [0.25, 0.3) is 0 Å². The zero-order valence-corrected chi connectivity index (χ0v) is 24.6. The maximum absolute atomic E-state index is 6.11. The highest BCUT2D eigenvalue weighted by Gasteiger charge is 2.26. The van der Waals surface area contributed by atoms with Crippen LogP contribution in [0.15, 0.2) is 138 Å². The Bertz CT molecular complexity index is 1520. The summed E-state index contributed by atoms with van der Waals surface area (Å²) in [5.74, 6) is 2.45. The minimum atomic E-state index is -0.904. The summed E-state index contributed by atoms with van der Waals surface area (Å²) in [6, 6.07) is 46.3. The van der Waals surface area contributed by atoms with Crippen LogP contribution in [0, 0.1) is 0 Å². The molecule has 0 radical (unpaired) electrons. The minimum absolute atomic E-state index is 0.210. The van der Waals surface area contributed by atoms with Gasteiger partial charge in [-0.25, -0.2) is 4.99 Å². The number of benzene rings is 5. The third kappa shape index (κ3) is 6.73. The number of ether oxygens (including phenoxy) is 3.